The van der Waals surface area contributed by atoms with Gasteiger partial charge in [-0.1, -0.05) is 0 Å². The van der Waals surface area contributed by atoms with Crippen molar-refractivity contribution < 1.29 is 0 Å². The summed E-state index contributed by atoms with van der Waals surface area (Å²) in [6.45, 7) is 2.28. The van der Waals surface area contributed by atoms with Crippen LogP contribution in [0.1, 0.15) is 6.92 Å². The van der Waals surface area contributed by atoms with E-state index in [0.717, 1.165) is 0 Å². The maximum atomic E-state index is 2.82. The molecule has 0 saturated heterocycles. The third-order valence-corrected chi connectivity index (χ3v) is 14.7. The second-order valence-electron chi connectivity index (χ2n) is 5.44. The summed E-state index contributed by atoms with van der Waals surface area (Å²) in [6, 6.07) is 22.2. The molecule has 0 fully saturated rings. The van der Waals surface area contributed by atoms with E-state index in [2.05, 4.69) is 95.7 Å². The molecule has 2 heteroatoms. The molecule has 2 aromatic rings. The van der Waals surface area contributed by atoms with E-state index in [-0.39, 0.29) is 0 Å². The molecule has 0 N–H and O–H groups in total. The van der Waals surface area contributed by atoms with Crippen molar-refractivity contribution in [3.8, 4) is 0 Å². The first kappa shape index (κ1) is 13.3. The SMILES string of the molecule is CC1=CCP(I)(c2ccccc2)(c2ccccc2)C1. The van der Waals surface area contributed by atoms with Crippen LogP contribution in [0, 0.1) is 0 Å². The summed E-state index contributed by atoms with van der Waals surface area (Å²) in [4.78, 5) is 0. The number of allylic oxidation sites excluding steroid dienone is 2. The Morgan fingerprint density at radius 2 is 1.32 bits per heavy atom. The first-order chi connectivity index (χ1) is 9.12. The van der Waals surface area contributed by atoms with E-state index in [9.17, 15) is 0 Å². The normalized spacial score (nSPS) is 22.2. The minimum absolute atomic E-state index is 1.20. The standard InChI is InChI=1S/C17H18IP/c1-15-12-13-19(18,14-15,16-8-4-2-5-9-16)17-10-6-3-7-11-17/h2-12H,13-14H2,1H3. The van der Waals surface area contributed by atoms with Gasteiger partial charge in [0, 0.05) is 0 Å². The van der Waals surface area contributed by atoms with Crippen LogP contribution in [-0.4, -0.2) is 12.3 Å². The zero-order valence-electron chi connectivity index (χ0n) is 11.1. The zero-order valence-corrected chi connectivity index (χ0v) is 14.1. The van der Waals surface area contributed by atoms with Gasteiger partial charge in [-0.15, -0.1) is 0 Å². The molecular weight excluding hydrogens is 362 g/mol. The first-order valence-electron chi connectivity index (χ1n) is 6.62. The van der Waals surface area contributed by atoms with Crippen LogP contribution in [0.25, 0.3) is 0 Å². The molecule has 0 amide bonds. The summed E-state index contributed by atoms with van der Waals surface area (Å²) in [5, 5.41) is 3.07. The second-order valence-corrected chi connectivity index (χ2v) is 16.9. The number of benzene rings is 2. The van der Waals surface area contributed by atoms with Crippen molar-refractivity contribution >= 4 is 36.9 Å². The molecule has 0 saturated carbocycles. The summed E-state index contributed by atoms with van der Waals surface area (Å²) in [5.74, 6) is 0. The van der Waals surface area contributed by atoms with Gasteiger partial charge in [-0.05, 0) is 0 Å². The summed E-state index contributed by atoms with van der Waals surface area (Å²) in [6.07, 6.45) is 4.87. The average Bonchev–Trinajstić information content (AvgIpc) is 2.80. The molecule has 0 spiro atoms. The Bertz CT molecular complexity index is 577. The number of hydrogen-bond donors (Lipinski definition) is 0. The number of hydrogen-bond acceptors (Lipinski definition) is 0. The van der Waals surface area contributed by atoms with Crippen LogP contribution < -0.4 is 10.6 Å². The molecule has 3 rings (SSSR count). The maximum absolute atomic E-state index is 2.82. The van der Waals surface area contributed by atoms with Gasteiger partial charge < -0.3 is 0 Å². The Hall–Kier alpha value is -0.660. The molecule has 0 nitrogen and oxygen atoms in total. The summed E-state index contributed by atoms with van der Waals surface area (Å²) in [7, 11) is 0. The van der Waals surface area contributed by atoms with Crippen molar-refractivity contribution in [1.82, 2.24) is 0 Å². The molecule has 1 aliphatic heterocycles. The zero-order chi connectivity index (χ0) is 13.4. The van der Waals surface area contributed by atoms with Crippen molar-refractivity contribution in [2.75, 3.05) is 12.3 Å². The van der Waals surface area contributed by atoms with Crippen LogP contribution in [0.5, 0.6) is 0 Å². The monoisotopic (exact) mass is 380 g/mol. The molecule has 0 aromatic heterocycles. The van der Waals surface area contributed by atoms with Crippen LogP contribution in [0.15, 0.2) is 72.3 Å². The summed E-state index contributed by atoms with van der Waals surface area (Å²) < 4.78 is -2.06. The number of halogens is 1. The number of rotatable bonds is 2. The van der Waals surface area contributed by atoms with Crippen molar-refractivity contribution in [2.24, 2.45) is 0 Å². The van der Waals surface area contributed by atoms with Gasteiger partial charge in [0.15, 0.2) is 0 Å². The second kappa shape index (κ2) is 4.71. The van der Waals surface area contributed by atoms with Gasteiger partial charge in [-0.2, -0.15) is 0 Å². The molecule has 2 aromatic carbocycles. The van der Waals surface area contributed by atoms with Crippen LogP contribution in [0.2, 0.25) is 0 Å². The van der Waals surface area contributed by atoms with Crippen LogP contribution in [0.4, 0.5) is 0 Å². The Morgan fingerprint density at radius 3 is 1.68 bits per heavy atom. The Kier molecular flexibility index (Phi) is 3.31. The van der Waals surface area contributed by atoms with Crippen molar-refractivity contribution in [3.05, 3.63) is 72.3 Å². The third kappa shape index (κ3) is 2.08. The predicted molar refractivity (Wildman–Crippen MR) is 96.6 cm³/mol. The van der Waals surface area contributed by atoms with Gasteiger partial charge in [-0.3, -0.25) is 0 Å². The van der Waals surface area contributed by atoms with Gasteiger partial charge in [0.05, 0.1) is 0 Å². The summed E-state index contributed by atoms with van der Waals surface area (Å²) in [5.41, 5.74) is 1.54. The minimum atomic E-state index is -2.06. The van der Waals surface area contributed by atoms with Crippen LogP contribution in [0.3, 0.4) is 0 Å². The van der Waals surface area contributed by atoms with Gasteiger partial charge in [0.2, 0.25) is 0 Å². The molecule has 1 aliphatic rings. The van der Waals surface area contributed by atoms with Crippen molar-refractivity contribution in [3.63, 3.8) is 0 Å². The van der Waals surface area contributed by atoms with E-state index in [0.29, 0.717) is 0 Å². The van der Waals surface area contributed by atoms with E-state index >= 15 is 0 Å². The molecule has 1 heterocycles. The fraction of sp³-hybridized carbons (Fsp3) is 0.176. The van der Waals surface area contributed by atoms with E-state index in [1.54, 1.807) is 5.57 Å². The van der Waals surface area contributed by atoms with Crippen molar-refractivity contribution in [1.29, 1.82) is 0 Å². The third-order valence-electron chi connectivity index (χ3n) is 4.10. The molecular formula is C17H18IP. The molecule has 0 radical (unpaired) electrons. The molecule has 0 bridgehead atoms. The van der Waals surface area contributed by atoms with E-state index in [1.807, 2.05) is 0 Å². The topological polar surface area (TPSA) is 0 Å². The fourth-order valence-corrected chi connectivity index (χ4v) is 12.0. The van der Waals surface area contributed by atoms with E-state index in [1.165, 1.54) is 22.9 Å². The first-order valence-corrected chi connectivity index (χ1v) is 12.0. The Labute approximate surface area is 128 Å². The van der Waals surface area contributed by atoms with Gasteiger partial charge in [0.25, 0.3) is 0 Å². The van der Waals surface area contributed by atoms with E-state index in [4.69, 9.17) is 0 Å². The van der Waals surface area contributed by atoms with Gasteiger partial charge >= 0.3 is 128 Å². The van der Waals surface area contributed by atoms with E-state index < -0.39 is 4.25 Å². The van der Waals surface area contributed by atoms with Crippen molar-refractivity contribution in [2.45, 2.75) is 6.92 Å². The van der Waals surface area contributed by atoms with Crippen LogP contribution in [-0.2, 0) is 0 Å². The Balaban J connectivity index is 2.24. The molecule has 0 unspecified atom stereocenters. The summed E-state index contributed by atoms with van der Waals surface area (Å²) >= 11 is 2.82. The Morgan fingerprint density at radius 1 is 0.842 bits per heavy atom. The van der Waals surface area contributed by atoms with Gasteiger partial charge in [0.1, 0.15) is 0 Å². The predicted octanol–water partition coefficient (Wildman–Crippen LogP) is 4.50. The molecule has 0 atom stereocenters. The molecule has 19 heavy (non-hydrogen) atoms. The van der Waals surface area contributed by atoms with Crippen LogP contribution >= 0.6 is 26.3 Å². The average molecular weight is 380 g/mol. The molecule has 98 valence electrons. The quantitative estimate of drug-likeness (QED) is 0.409. The van der Waals surface area contributed by atoms with Gasteiger partial charge in [-0.25, -0.2) is 0 Å². The molecule has 0 aliphatic carbocycles. The fourth-order valence-electron chi connectivity index (χ4n) is 3.08.